The standard InChI is InChI=1S/C10H9Cl2N3OS/c1-16-8-4-2-3-7(11)6(8)5-13-10-9(12)14-17-15-10/h2-4H,5H2,1H3,(H,13,15). The molecule has 1 N–H and O–H groups in total. The quantitative estimate of drug-likeness (QED) is 0.936. The van der Waals surface area contributed by atoms with E-state index in [-0.39, 0.29) is 0 Å². The van der Waals surface area contributed by atoms with Crippen molar-refractivity contribution < 1.29 is 4.74 Å². The van der Waals surface area contributed by atoms with Crippen LogP contribution in [0.25, 0.3) is 0 Å². The predicted octanol–water partition coefficient (Wildman–Crippen LogP) is 3.47. The van der Waals surface area contributed by atoms with Crippen molar-refractivity contribution in [1.29, 1.82) is 0 Å². The number of hydrogen-bond donors (Lipinski definition) is 1. The summed E-state index contributed by atoms with van der Waals surface area (Å²) < 4.78 is 13.1. The molecule has 0 aliphatic carbocycles. The molecule has 0 unspecified atom stereocenters. The van der Waals surface area contributed by atoms with Crippen molar-refractivity contribution in [2.24, 2.45) is 0 Å². The fourth-order valence-corrected chi connectivity index (χ4v) is 2.27. The molecule has 0 saturated heterocycles. The Bertz CT molecular complexity index is 518. The largest absolute Gasteiger partial charge is 0.496 e. The second-order valence-electron chi connectivity index (χ2n) is 3.18. The highest BCUT2D eigenvalue weighted by atomic mass is 35.5. The summed E-state index contributed by atoms with van der Waals surface area (Å²) in [5, 5.41) is 4.06. The highest BCUT2D eigenvalue weighted by Gasteiger charge is 2.10. The maximum absolute atomic E-state index is 6.10. The van der Waals surface area contributed by atoms with Gasteiger partial charge in [-0.3, -0.25) is 0 Å². The zero-order valence-electron chi connectivity index (χ0n) is 8.91. The van der Waals surface area contributed by atoms with E-state index in [0.29, 0.717) is 22.5 Å². The van der Waals surface area contributed by atoms with Gasteiger partial charge in [-0.15, -0.1) is 0 Å². The molecule has 0 atom stereocenters. The average Bonchev–Trinajstić information content (AvgIpc) is 2.73. The Morgan fingerprint density at radius 3 is 2.82 bits per heavy atom. The molecule has 0 radical (unpaired) electrons. The molecule has 2 aromatic rings. The lowest BCUT2D eigenvalue weighted by Crippen LogP contribution is -2.03. The zero-order valence-corrected chi connectivity index (χ0v) is 11.2. The number of methoxy groups -OCH3 is 1. The van der Waals surface area contributed by atoms with Crippen molar-refractivity contribution >= 4 is 40.7 Å². The summed E-state index contributed by atoms with van der Waals surface area (Å²) in [6, 6.07) is 5.49. The van der Waals surface area contributed by atoms with Crippen LogP contribution in [-0.4, -0.2) is 15.9 Å². The van der Waals surface area contributed by atoms with E-state index in [1.54, 1.807) is 7.11 Å². The summed E-state index contributed by atoms with van der Waals surface area (Å²) in [5.41, 5.74) is 0.862. The lowest BCUT2D eigenvalue weighted by Gasteiger charge is -2.10. The maximum atomic E-state index is 6.10. The molecule has 0 spiro atoms. The van der Waals surface area contributed by atoms with Gasteiger partial charge in [-0.2, -0.15) is 8.75 Å². The second kappa shape index (κ2) is 5.53. The molecule has 1 heterocycles. The highest BCUT2D eigenvalue weighted by Crippen LogP contribution is 2.27. The maximum Gasteiger partial charge on any atom is 0.186 e. The SMILES string of the molecule is COc1cccc(Cl)c1CNc1nsnc1Cl. The smallest absolute Gasteiger partial charge is 0.186 e. The van der Waals surface area contributed by atoms with Crippen LogP contribution in [0, 0.1) is 0 Å². The zero-order chi connectivity index (χ0) is 12.3. The van der Waals surface area contributed by atoms with Crippen molar-refractivity contribution in [3.05, 3.63) is 33.9 Å². The number of hydrogen-bond acceptors (Lipinski definition) is 5. The molecule has 17 heavy (non-hydrogen) atoms. The first-order chi connectivity index (χ1) is 8.22. The summed E-state index contributed by atoms with van der Waals surface area (Å²) in [4.78, 5) is 0. The molecule has 0 aliphatic rings. The van der Waals surface area contributed by atoms with Crippen LogP contribution in [0.4, 0.5) is 5.82 Å². The molecule has 0 fully saturated rings. The van der Waals surface area contributed by atoms with Crippen LogP contribution in [-0.2, 0) is 6.54 Å². The van der Waals surface area contributed by atoms with Gasteiger partial charge in [-0.05, 0) is 12.1 Å². The Labute approximate surface area is 113 Å². The summed E-state index contributed by atoms with van der Waals surface area (Å²) >= 11 is 13.0. The van der Waals surface area contributed by atoms with Gasteiger partial charge in [0, 0.05) is 17.1 Å². The molecule has 1 aromatic carbocycles. The molecule has 2 rings (SSSR count). The topological polar surface area (TPSA) is 47.0 Å². The minimum atomic E-state index is 0.362. The Balaban J connectivity index is 2.16. The van der Waals surface area contributed by atoms with Crippen molar-refractivity contribution in [2.45, 2.75) is 6.54 Å². The van der Waals surface area contributed by atoms with E-state index in [0.717, 1.165) is 23.0 Å². The molecular formula is C10H9Cl2N3OS. The predicted molar refractivity (Wildman–Crippen MR) is 70.2 cm³/mol. The Kier molecular flexibility index (Phi) is 4.04. The molecule has 90 valence electrons. The first-order valence-corrected chi connectivity index (χ1v) is 6.24. The van der Waals surface area contributed by atoms with E-state index >= 15 is 0 Å². The lowest BCUT2D eigenvalue weighted by atomic mass is 10.2. The first-order valence-electron chi connectivity index (χ1n) is 4.75. The van der Waals surface area contributed by atoms with Crippen LogP contribution in [0.5, 0.6) is 5.75 Å². The fraction of sp³-hybridized carbons (Fsp3) is 0.200. The molecule has 0 bridgehead atoms. The van der Waals surface area contributed by atoms with Crippen LogP contribution in [0.3, 0.4) is 0 Å². The number of nitrogens with zero attached hydrogens (tertiary/aromatic N) is 2. The Morgan fingerprint density at radius 2 is 2.18 bits per heavy atom. The number of anilines is 1. The lowest BCUT2D eigenvalue weighted by molar-refractivity contribution is 0.410. The first kappa shape index (κ1) is 12.4. The normalized spacial score (nSPS) is 10.3. The van der Waals surface area contributed by atoms with E-state index in [1.165, 1.54) is 0 Å². The Morgan fingerprint density at radius 1 is 1.35 bits per heavy atom. The third-order valence-corrected chi connectivity index (χ3v) is 3.42. The number of benzene rings is 1. The fourth-order valence-electron chi connectivity index (χ4n) is 1.36. The van der Waals surface area contributed by atoms with Gasteiger partial charge in [0.1, 0.15) is 5.75 Å². The number of nitrogens with one attached hydrogen (secondary N) is 1. The summed E-state index contributed by atoms with van der Waals surface area (Å²) in [6.45, 7) is 0.480. The molecule has 4 nitrogen and oxygen atoms in total. The molecule has 1 aromatic heterocycles. The molecule has 0 aliphatic heterocycles. The van der Waals surface area contributed by atoms with Gasteiger partial charge in [0.15, 0.2) is 11.0 Å². The van der Waals surface area contributed by atoms with Crippen LogP contribution in [0.2, 0.25) is 10.2 Å². The van der Waals surface area contributed by atoms with E-state index < -0.39 is 0 Å². The van der Waals surface area contributed by atoms with Crippen molar-refractivity contribution in [1.82, 2.24) is 8.75 Å². The van der Waals surface area contributed by atoms with Gasteiger partial charge in [0.2, 0.25) is 0 Å². The molecular weight excluding hydrogens is 281 g/mol. The minimum absolute atomic E-state index is 0.362. The van der Waals surface area contributed by atoms with Crippen LogP contribution in [0.1, 0.15) is 5.56 Å². The van der Waals surface area contributed by atoms with E-state index in [9.17, 15) is 0 Å². The average molecular weight is 290 g/mol. The highest BCUT2D eigenvalue weighted by molar-refractivity contribution is 6.99. The van der Waals surface area contributed by atoms with E-state index in [4.69, 9.17) is 27.9 Å². The Hall–Kier alpha value is -1.04. The van der Waals surface area contributed by atoms with Gasteiger partial charge in [-0.25, -0.2) is 0 Å². The summed E-state index contributed by atoms with van der Waals surface area (Å²) in [5.74, 6) is 1.28. The summed E-state index contributed by atoms with van der Waals surface area (Å²) in [6.07, 6.45) is 0. The van der Waals surface area contributed by atoms with Gasteiger partial charge in [0.05, 0.1) is 18.8 Å². The van der Waals surface area contributed by atoms with Crippen molar-refractivity contribution in [2.75, 3.05) is 12.4 Å². The van der Waals surface area contributed by atoms with Gasteiger partial charge < -0.3 is 10.1 Å². The monoisotopic (exact) mass is 289 g/mol. The van der Waals surface area contributed by atoms with Gasteiger partial charge >= 0.3 is 0 Å². The van der Waals surface area contributed by atoms with Crippen LogP contribution in [0.15, 0.2) is 18.2 Å². The number of rotatable bonds is 4. The van der Waals surface area contributed by atoms with Crippen molar-refractivity contribution in [3.63, 3.8) is 0 Å². The van der Waals surface area contributed by atoms with E-state index in [2.05, 4.69) is 14.1 Å². The number of ether oxygens (including phenoxy) is 1. The number of aromatic nitrogens is 2. The summed E-state index contributed by atoms with van der Waals surface area (Å²) in [7, 11) is 1.60. The second-order valence-corrected chi connectivity index (χ2v) is 4.47. The minimum Gasteiger partial charge on any atom is -0.496 e. The molecule has 0 amide bonds. The van der Waals surface area contributed by atoms with Crippen LogP contribution >= 0.6 is 34.9 Å². The third kappa shape index (κ3) is 2.80. The van der Waals surface area contributed by atoms with Crippen molar-refractivity contribution in [3.8, 4) is 5.75 Å². The number of halogens is 2. The van der Waals surface area contributed by atoms with Gasteiger partial charge in [0.25, 0.3) is 0 Å². The molecule has 0 saturated carbocycles. The van der Waals surface area contributed by atoms with Crippen LogP contribution < -0.4 is 10.1 Å². The van der Waals surface area contributed by atoms with Gasteiger partial charge in [-0.1, -0.05) is 29.3 Å². The van der Waals surface area contributed by atoms with E-state index in [1.807, 2.05) is 18.2 Å². The molecule has 7 heteroatoms. The third-order valence-electron chi connectivity index (χ3n) is 2.18.